The summed E-state index contributed by atoms with van der Waals surface area (Å²) in [7, 11) is 0. The summed E-state index contributed by atoms with van der Waals surface area (Å²) in [6.45, 7) is 8.02. The van der Waals surface area contributed by atoms with Crippen LogP contribution < -0.4 is 5.32 Å². The number of hydrogen-bond donors (Lipinski definition) is 1. The van der Waals surface area contributed by atoms with Crippen LogP contribution in [0.1, 0.15) is 47.5 Å². The zero-order valence-electron chi connectivity index (χ0n) is 13.0. The Morgan fingerprint density at radius 2 is 1.95 bits per heavy atom. The SMILES string of the molecule is CCCOC(=O)c1c(NC(=O)C2(C)CC2(Br)Br)sc(C)c1C. The molecule has 1 unspecified atom stereocenters. The van der Waals surface area contributed by atoms with E-state index in [1.54, 1.807) is 0 Å². The third-order valence-corrected chi connectivity index (χ3v) is 7.45. The molecule has 0 bridgehead atoms. The summed E-state index contributed by atoms with van der Waals surface area (Å²) >= 11 is 8.40. The monoisotopic (exact) mass is 451 g/mol. The Kier molecular flexibility index (Phi) is 5.09. The minimum absolute atomic E-state index is 0.105. The summed E-state index contributed by atoms with van der Waals surface area (Å²) in [6.07, 6.45) is 1.47. The van der Waals surface area contributed by atoms with E-state index in [-0.39, 0.29) is 15.1 Å². The fourth-order valence-electron chi connectivity index (χ4n) is 2.12. The number of ether oxygens (including phenoxy) is 1. The second-order valence-electron chi connectivity index (χ2n) is 5.79. The van der Waals surface area contributed by atoms with Crippen molar-refractivity contribution in [3.05, 3.63) is 16.0 Å². The van der Waals surface area contributed by atoms with Gasteiger partial charge in [0.05, 0.1) is 20.8 Å². The molecule has 7 heteroatoms. The van der Waals surface area contributed by atoms with Crippen molar-refractivity contribution in [3.8, 4) is 0 Å². The zero-order valence-corrected chi connectivity index (χ0v) is 17.0. The second-order valence-corrected chi connectivity index (χ2v) is 10.8. The highest BCUT2D eigenvalue weighted by molar-refractivity contribution is 9.25. The van der Waals surface area contributed by atoms with Crippen molar-refractivity contribution in [2.24, 2.45) is 5.41 Å². The van der Waals surface area contributed by atoms with E-state index in [0.717, 1.165) is 16.9 Å². The van der Waals surface area contributed by atoms with Crippen LogP contribution in [-0.4, -0.2) is 21.7 Å². The van der Waals surface area contributed by atoms with E-state index in [1.807, 2.05) is 27.7 Å². The number of thiophene rings is 1. The molecule has 4 nitrogen and oxygen atoms in total. The molecule has 0 saturated heterocycles. The number of aryl methyl sites for hydroxylation is 1. The predicted molar refractivity (Wildman–Crippen MR) is 96.3 cm³/mol. The molecule has 0 aromatic carbocycles. The number of carbonyl (C=O) groups is 2. The topological polar surface area (TPSA) is 55.4 Å². The maximum Gasteiger partial charge on any atom is 0.341 e. The Balaban J connectivity index is 2.23. The predicted octanol–water partition coefficient (Wildman–Crippen LogP) is 4.77. The molecule has 1 atom stereocenters. The summed E-state index contributed by atoms with van der Waals surface area (Å²) in [5.41, 5.74) is 0.818. The fourth-order valence-corrected chi connectivity index (χ4v) is 4.64. The number of carbonyl (C=O) groups excluding carboxylic acids is 2. The van der Waals surface area contributed by atoms with Gasteiger partial charge in [-0.15, -0.1) is 11.3 Å². The van der Waals surface area contributed by atoms with Crippen LogP contribution in [0.3, 0.4) is 0 Å². The molecule has 0 radical (unpaired) electrons. The lowest BCUT2D eigenvalue weighted by atomic mass is 10.1. The number of nitrogens with one attached hydrogen (secondary N) is 1. The molecule has 1 aliphatic rings. The van der Waals surface area contributed by atoms with E-state index >= 15 is 0 Å². The molecule has 0 aliphatic heterocycles. The molecule has 122 valence electrons. The van der Waals surface area contributed by atoms with Crippen molar-refractivity contribution < 1.29 is 14.3 Å². The van der Waals surface area contributed by atoms with E-state index in [1.165, 1.54) is 11.3 Å². The minimum Gasteiger partial charge on any atom is -0.462 e. The highest BCUT2D eigenvalue weighted by Gasteiger charge is 2.66. The van der Waals surface area contributed by atoms with E-state index in [0.29, 0.717) is 23.6 Å². The van der Waals surface area contributed by atoms with E-state index < -0.39 is 5.41 Å². The van der Waals surface area contributed by atoms with Crippen molar-refractivity contribution in [2.75, 3.05) is 11.9 Å². The number of esters is 1. The van der Waals surface area contributed by atoms with E-state index in [4.69, 9.17) is 4.74 Å². The summed E-state index contributed by atoms with van der Waals surface area (Å²) in [5.74, 6) is -0.476. The average molecular weight is 453 g/mol. The summed E-state index contributed by atoms with van der Waals surface area (Å²) in [5, 5.41) is 3.48. The number of amides is 1. The van der Waals surface area contributed by atoms with Crippen LogP contribution in [0.25, 0.3) is 0 Å². The van der Waals surface area contributed by atoms with Gasteiger partial charge in [-0.3, -0.25) is 4.79 Å². The molecule has 1 amide bonds. The van der Waals surface area contributed by atoms with Gasteiger partial charge >= 0.3 is 5.97 Å². The molecule has 1 fully saturated rings. The Morgan fingerprint density at radius 1 is 1.36 bits per heavy atom. The number of alkyl halides is 2. The molecule has 0 spiro atoms. The average Bonchev–Trinajstić information content (AvgIpc) is 2.82. The lowest BCUT2D eigenvalue weighted by molar-refractivity contribution is -0.120. The van der Waals surface area contributed by atoms with Crippen LogP contribution >= 0.6 is 43.2 Å². The smallest absolute Gasteiger partial charge is 0.341 e. The normalized spacial score (nSPS) is 22.3. The van der Waals surface area contributed by atoms with Crippen LogP contribution in [0.5, 0.6) is 0 Å². The molecule has 1 aromatic heterocycles. The molecule has 2 rings (SSSR count). The van der Waals surface area contributed by atoms with Crippen LogP contribution in [-0.2, 0) is 9.53 Å². The maximum atomic E-state index is 12.5. The van der Waals surface area contributed by atoms with E-state index in [2.05, 4.69) is 37.2 Å². The third kappa shape index (κ3) is 3.12. The second kappa shape index (κ2) is 6.24. The van der Waals surface area contributed by atoms with Crippen molar-refractivity contribution in [1.29, 1.82) is 0 Å². The number of anilines is 1. The van der Waals surface area contributed by atoms with Gasteiger partial charge in [0.15, 0.2) is 0 Å². The maximum absolute atomic E-state index is 12.5. The number of halogens is 2. The van der Waals surface area contributed by atoms with Crippen molar-refractivity contribution in [3.63, 3.8) is 0 Å². The summed E-state index contributed by atoms with van der Waals surface area (Å²) < 4.78 is 4.87. The van der Waals surface area contributed by atoms with Gasteiger partial charge in [0.2, 0.25) is 5.91 Å². The van der Waals surface area contributed by atoms with Crippen molar-refractivity contribution >= 4 is 60.1 Å². The van der Waals surface area contributed by atoms with Gasteiger partial charge in [-0.2, -0.15) is 0 Å². The molecule has 1 aromatic rings. The van der Waals surface area contributed by atoms with Gasteiger partial charge in [-0.05, 0) is 39.2 Å². The molecule has 1 aliphatic carbocycles. The lowest BCUT2D eigenvalue weighted by Crippen LogP contribution is -2.26. The highest BCUT2D eigenvalue weighted by atomic mass is 79.9. The quantitative estimate of drug-likeness (QED) is 0.517. The first-order valence-electron chi connectivity index (χ1n) is 7.10. The van der Waals surface area contributed by atoms with Gasteiger partial charge in [-0.25, -0.2) is 4.79 Å². The molecule has 1 saturated carbocycles. The van der Waals surface area contributed by atoms with Crippen LogP contribution in [0.4, 0.5) is 5.00 Å². The Labute approximate surface area is 151 Å². The Bertz CT molecular complexity index is 627. The molecule has 1 N–H and O–H groups in total. The first-order chi connectivity index (χ1) is 10.1. The standard InChI is InChI=1S/C15H19Br2NO3S/c1-5-6-21-12(19)10-8(2)9(3)22-11(10)18-13(20)14(4)7-15(14,16)17/h5-7H2,1-4H3,(H,18,20). The first kappa shape index (κ1) is 17.9. The van der Waals surface area contributed by atoms with E-state index in [9.17, 15) is 9.59 Å². The fraction of sp³-hybridized carbons (Fsp3) is 0.600. The van der Waals surface area contributed by atoms with Gasteiger partial charge in [0.25, 0.3) is 0 Å². The molecule has 22 heavy (non-hydrogen) atoms. The largest absolute Gasteiger partial charge is 0.462 e. The van der Waals surface area contributed by atoms with Crippen LogP contribution in [0, 0.1) is 19.3 Å². The van der Waals surface area contributed by atoms with Gasteiger partial charge in [-0.1, -0.05) is 38.8 Å². The van der Waals surface area contributed by atoms with Gasteiger partial charge < -0.3 is 10.1 Å². The van der Waals surface area contributed by atoms with Crippen molar-refractivity contribution in [2.45, 2.75) is 43.8 Å². The summed E-state index contributed by atoms with van der Waals surface area (Å²) in [6, 6.07) is 0. The highest BCUT2D eigenvalue weighted by Crippen LogP contribution is 2.66. The zero-order chi connectivity index (χ0) is 16.7. The van der Waals surface area contributed by atoms with Gasteiger partial charge in [0.1, 0.15) is 5.00 Å². The minimum atomic E-state index is -0.524. The van der Waals surface area contributed by atoms with Crippen molar-refractivity contribution in [1.82, 2.24) is 0 Å². The summed E-state index contributed by atoms with van der Waals surface area (Å²) in [4.78, 5) is 25.8. The Hall–Kier alpha value is -0.400. The molecular weight excluding hydrogens is 434 g/mol. The molecule has 1 heterocycles. The lowest BCUT2D eigenvalue weighted by Gasteiger charge is -2.13. The number of rotatable bonds is 5. The van der Waals surface area contributed by atoms with Gasteiger partial charge in [0, 0.05) is 4.88 Å². The molecular formula is C15H19Br2NO3S. The first-order valence-corrected chi connectivity index (χ1v) is 9.50. The van der Waals surface area contributed by atoms with Crippen LogP contribution in [0.2, 0.25) is 0 Å². The van der Waals surface area contributed by atoms with Crippen LogP contribution in [0.15, 0.2) is 0 Å². The Morgan fingerprint density at radius 3 is 2.45 bits per heavy atom. The third-order valence-electron chi connectivity index (χ3n) is 4.01. The number of hydrogen-bond acceptors (Lipinski definition) is 4.